The number of amides is 2. The number of fused-ring (bicyclic) bond motifs is 4. The second kappa shape index (κ2) is 12.6. The zero-order valence-corrected chi connectivity index (χ0v) is 23.0. The number of nitrogens with one attached hydrogen (secondary N) is 4. The van der Waals surface area contributed by atoms with Gasteiger partial charge in [-0.05, 0) is 47.2 Å². The number of Topliss-reactive ketones (excluding diaryl/α,β-unsaturated/α-hetero) is 1. The molecule has 3 aromatic carbocycles. The Hall–Kier alpha value is -4.77. The molecule has 1 atom stereocenters. The third-order valence-corrected chi connectivity index (χ3v) is 7.93. The molecular formula is C30H30N6O4S. The van der Waals surface area contributed by atoms with Crippen LogP contribution in [0.15, 0.2) is 72.8 Å². The minimum atomic E-state index is -0.860. The number of guanidine groups is 1. The summed E-state index contributed by atoms with van der Waals surface area (Å²) in [5, 5.41) is 15.5. The summed E-state index contributed by atoms with van der Waals surface area (Å²) >= 11 is 1.26. The first kappa shape index (κ1) is 27.8. The Morgan fingerprint density at radius 2 is 1.61 bits per heavy atom. The quantitative estimate of drug-likeness (QED) is 0.0794. The van der Waals surface area contributed by atoms with Gasteiger partial charge in [-0.1, -0.05) is 60.7 Å². The van der Waals surface area contributed by atoms with Crippen molar-refractivity contribution in [1.82, 2.24) is 20.9 Å². The molecular weight excluding hydrogens is 540 g/mol. The van der Waals surface area contributed by atoms with Crippen molar-refractivity contribution in [3.05, 3.63) is 88.9 Å². The summed E-state index contributed by atoms with van der Waals surface area (Å²) in [5.74, 6) is -1.11. The SMILES string of the molecule is N=C(N)NCCC[C@H](NC(=O)CNC(=O)OCC1c2ccccc2-c2ccccc21)C(=O)c1nc2ccccc2s1. The van der Waals surface area contributed by atoms with Crippen LogP contribution in [0.1, 0.15) is 39.7 Å². The van der Waals surface area contributed by atoms with Crippen LogP contribution >= 0.6 is 11.3 Å². The molecule has 0 unspecified atom stereocenters. The van der Waals surface area contributed by atoms with Gasteiger partial charge in [0.1, 0.15) is 13.2 Å². The largest absolute Gasteiger partial charge is 0.449 e. The van der Waals surface area contributed by atoms with E-state index in [2.05, 4.69) is 33.1 Å². The van der Waals surface area contributed by atoms with Gasteiger partial charge >= 0.3 is 6.09 Å². The monoisotopic (exact) mass is 570 g/mol. The highest BCUT2D eigenvalue weighted by atomic mass is 32.1. The number of carbonyl (C=O) groups excluding carboxylic acids is 3. The van der Waals surface area contributed by atoms with Crippen molar-refractivity contribution in [2.45, 2.75) is 24.8 Å². The molecule has 0 radical (unpaired) electrons. The van der Waals surface area contributed by atoms with Crippen molar-refractivity contribution in [3.8, 4) is 11.1 Å². The predicted octanol–water partition coefficient (Wildman–Crippen LogP) is 3.77. The van der Waals surface area contributed by atoms with E-state index in [-0.39, 0.29) is 30.8 Å². The molecule has 6 N–H and O–H groups in total. The molecule has 0 saturated carbocycles. The van der Waals surface area contributed by atoms with Gasteiger partial charge in [-0.25, -0.2) is 9.78 Å². The third kappa shape index (κ3) is 6.52. The molecule has 1 aliphatic rings. The standard InChI is InChI=1S/C30H30N6O4S/c31-29(32)33-15-7-13-24(27(38)28-36-23-12-5-6-14-25(23)41-28)35-26(37)16-34-30(39)40-17-22-20-10-3-1-8-18(20)19-9-2-4-11-21(19)22/h1-6,8-12,14,22,24H,7,13,15-17H2,(H,34,39)(H,35,37)(H4,31,32,33)/t24-/m0/s1. The minimum Gasteiger partial charge on any atom is -0.449 e. The van der Waals surface area contributed by atoms with Crippen LogP contribution in [0.5, 0.6) is 0 Å². The Morgan fingerprint density at radius 1 is 0.951 bits per heavy atom. The molecule has 1 aliphatic carbocycles. The molecule has 210 valence electrons. The normalized spacial score (nSPS) is 12.7. The number of hydrogen-bond acceptors (Lipinski definition) is 7. The number of carbonyl (C=O) groups is 3. The van der Waals surface area contributed by atoms with Crippen LogP contribution in [-0.4, -0.2) is 54.5 Å². The molecule has 0 saturated heterocycles. The number of para-hydroxylation sites is 1. The van der Waals surface area contributed by atoms with E-state index in [1.54, 1.807) is 0 Å². The summed E-state index contributed by atoms with van der Waals surface area (Å²) in [6.07, 6.45) is 0.0499. The fourth-order valence-electron chi connectivity index (χ4n) is 4.97. The number of aromatic nitrogens is 1. The lowest BCUT2D eigenvalue weighted by Crippen LogP contribution is -2.46. The Morgan fingerprint density at radius 3 is 2.29 bits per heavy atom. The van der Waals surface area contributed by atoms with Gasteiger partial charge in [0.15, 0.2) is 11.0 Å². The molecule has 1 heterocycles. The van der Waals surface area contributed by atoms with Gasteiger partial charge in [0.25, 0.3) is 0 Å². The molecule has 41 heavy (non-hydrogen) atoms. The maximum absolute atomic E-state index is 13.3. The average Bonchev–Trinajstić information content (AvgIpc) is 3.55. The molecule has 0 aliphatic heterocycles. The summed E-state index contributed by atoms with van der Waals surface area (Å²) in [5.41, 5.74) is 10.5. The van der Waals surface area contributed by atoms with E-state index in [0.29, 0.717) is 29.9 Å². The average molecular weight is 571 g/mol. The summed E-state index contributed by atoms with van der Waals surface area (Å²) < 4.78 is 6.37. The van der Waals surface area contributed by atoms with Crippen molar-refractivity contribution in [2.75, 3.05) is 19.7 Å². The smallest absolute Gasteiger partial charge is 0.407 e. The zero-order chi connectivity index (χ0) is 28.8. The van der Waals surface area contributed by atoms with E-state index < -0.39 is 18.0 Å². The number of hydrogen-bond donors (Lipinski definition) is 5. The van der Waals surface area contributed by atoms with Crippen LogP contribution in [0.4, 0.5) is 4.79 Å². The van der Waals surface area contributed by atoms with E-state index >= 15 is 0 Å². The number of thiazole rings is 1. The van der Waals surface area contributed by atoms with Crippen molar-refractivity contribution < 1.29 is 19.1 Å². The Balaban J connectivity index is 1.17. The highest BCUT2D eigenvalue weighted by molar-refractivity contribution is 7.20. The molecule has 0 bridgehead atoms. The van der Waals surface area contributed by atoms with Gasteiger partial charge in [0.2, 0.25) is 11.7 Å². The van der Waals surface area contributed by atoms with Crippen LogP contribution in [-0.2, 0) is 9.53 Å². The first-order valence-electron chi connectivity index (χ1n) is 13.3. The van der Waals surface area contributed by atoms with Gasteiger partial charge in [-0.3, -0.25) is 15.0 Å². The number of benzene rings is 3. The summed E-state index contributed by atoms with van der Waals surface area (Å²) in [6.45, 7) is 0.141. The van der Waals surface area contributed by atoms with Gasteiger partial charge in [-0.15, -0.1) is 11.3 Å². The van der Waals surface area contributed by atoms with Crippen LogP contribution < -0.4 is 21.7 Å². The van der Waals surface area contributed by atoms with Crippen LogP contribution in [0.2, 0.25) is 0 Å². The van der Waals surface area contributed by atoms with Crippen molar-refractivity contribution in [1.29, 1.82) is 5.41 Å². The van der Waals surface area contributed by atoms with Gasteiger partial charge in [0.05, 0.1) is 16.3 Å². The maximum Gasteiger partial charge on any atom is 0.407 e. The first-order valence-corrected chi connectivity index (χ1v) is 14.1. The second-order valence-corrected chi connectivity index (χ2v) is 10.7. The van der Waals surface area contributed by atoms with E-state index in [1.807, 2.05) is 60.7 Å². The fraction of sp³-hybridized carbons (Fsp3) is 0.233. The molecule has 11 heteroatoms. The topological polar surface area (TPSA) is 159 Å². The van der Waals surface area contributed by atoms with Gasteiger partial charge in [0, 0.05) is 12.5 Å². The molecule has 2 amide bonds. The lowest BCUT2D eigenvalue weighted by Gasteiger charge is -2.18. The molecule has 4 aromatic rings. The van der Waals surface area contributed by atoms with Crippen molar-refractivity contribution in [3.63, 3.8) is 0 Å². The number of ether oxygens (including phenoxy) is 1. The van der Waals surface area contributed by atoms with Crippen molar-refractivity contribution >= 4 is 45.3 Å². The highest BCUT2D eigenvalue weighted by Gasteiger charge is 2.29. The maximum atomic E-state index is 13.3. The Kier molecular flexibility index (Phi) is 8.54. The van der Waals surface area contributed by atoms with E-state index in [0.717, 1.165) is 27.0 Å². The number of ketones is 1. The summed E-state index contributed by atoms with van der Waals surface area (Å²) in [6, 6.07) is 22.6. The van der Waals surface area contributed by atoms with Gasteiger partial charge in [-0.2, -0.15) is 0 Å². The van der Waals surface area contributed by atoms with E-state index in [9.17, 15) is 14.4 Å². The lowest BCUT2D eigenvalue weighted by molar-refractivity contribution is -0.120. The Bertz CT molecular complexity index is 1520. The predicted molar refractivity (Wildman–Crippen MR) is 158 cm³/mol. The molecule has 5 rings (SSSR count). The van der Waals surface area contributed by atoms with Crippen molar-refractivity contribution in [2.24, 2.45) is 5.73 Å². The lowest BCUT2D eigenvalue weighted by atomic mass is 9.98. The zero-order valence-electron chi connectivity index (χ0n) is 22.2. The first-order chi connectivity index (χ1) is 19.9. The summed E-state index contributed by atoms with van der Waals surface area (Å²) in [7, 11) is 0. The Labute approximate surface area is 240 Å². The number of nitrogens with zero attached hydrogens (tertiary/aromatic N) is 1. The van der Waals surface area contributed by atoms with Crippen LogP contribution in [0, 0.1) is 5.41 Å². The molecule has 0 fully saturated rings. The molecule has 10 nitrogen and oxygen atoms in total. The van der Waals surface area contributed by atoms with Crippen LogP contribution in [0.25, 0.3) is 21.3 Å². The molecule has 0 spiro atoms. The fourth-order valence-corrected chi connectivity index (χ4v) is 5.93. The van der Waals surface area contributed by atoms with E-state index in [4.69, 9.17) is 15.9 Å². The van der Waals surface area contributed by atoms with Crippen LogP contribution in [0.3, 0.4) is 0 Å². The third-order valence-electron chi connectivity index (χ3n) is 6.88. The molecule has 1 aromatic heterocycles. The highest BCUT2D eigenvalue weighted by Crippen LogP contribution is 2.44. The number of nitrogens with two attached hydrogens (primary N) is 1. The second-order valence-electron chi connectivity index (χ2n) is 9.63. The van der Waals surface area contributed by atoms with Gasteiger partial charge < -0.3 is 26.4 Å². The number of rotatable bonds is 11. The minimum absolute atomic E-state index is 0.0959. The van der Waals surface area contributed by atoms with E-state index in [1.165, 1.54) is 11.3 Å². The number of alkyl carbamates (subject to hydrolysis) is 1. The summed E-state index contributed by atoms with van der Waals surface area (Å²) in [4.78, 5) is 43.0.